The van der Waals surface area contributed by atoms with Gasteiger partial charge < -0.3 is 10.1 Å². The fraction of sp³-hybridized carbons (Fsp3) is 1.00. The summed E-state index contributed by atoms with van der Waals surface area (Å²) in [6.45, 7) is 9.84. The average Bonchev–Trinajstić information content (AvgIpc) is 2.13. The molecule has 0 fully saturated rings. The highest BCUT2D eigenvalue weighted by Gasteiger charge is 2.21. The summed E-state index contributed by atoms with van der Waals surface area (Å²) in [6.07, 6.45) is 2.83. The summed E-state index contributed by atoms with van der Waals surface area (Å²) in [5.41, 5.74) is 0. The topological polar surface area (TPSA) is 21.3 Å². The van der Waals surface area contributed by atoms with Gasteiger partial charge in [-0.3, -0.25) is 0 Å². The van der Waals surface area contributed by atoms with Gasteiger partial charge in [-0.1, -0.05) is 27.2 Å². The molecule has 1 N–H and O–H groups in total. The molecule has 0 rings (SSSR count). The second-order valence-electron chi connectivity index (χ2n) is 3.79. The van der Waals surface area contributed by atoms with Crippen LogP contribution in [-0.4, -0.2) is 25.8 Å². The Morgan fingerprint density at radius 2 is 1.85 bits per heavy atom. The fourth-order valence-electron chi connectivity index (χ4n) is 1.85. The molecule has 0 radical (unpaired) electrons. The van der Waals surface area contributed by atoms with Crippen molar-refractivity contribution in [2.45, 2.75) is 52.7 Å². The van der Waals surface area contributed by atoms with Crippen LogP contribution in [0.1, 0.15) is 40.5 Å². The van der Waals surface area contributed by atoms with Crippen molar-refractivity contribution in [3.05, 3.63) is 0 Å². The number of ether oxygens (including phenoxy) is 1. The van der Waals surface area contributed by atoms with Crippen LogP contribution in [0.3, 0.4) is 0 Å². The predicted octanol–water partition coefficient (Wildman–Crippen LogP) is 2.44. The zero-order valence-electron chi connectivity index (χ0n) is 9.76. The molecule has 80 valence electrons. The first-order valence-corrected chi connectivity index (χ1v) is 5.43. The molecule has 0 bridgehead atoms. The number of methoxy groups -OCH3 is 1. The van der Waals surface area contributed by atoms with Gasteiger partial charge in [-0.25, -0.2) is 0 Å². The molecule has 0 amide bonds. The van der Waals surface area contributed by atoms with Gasteiger partial charge in [0.15, 0.2) is 0 Å². The van der Waals surface area contributed by atoms with Crippen LogP contribution in [0.4, 0.5) is 0 Å². The standard InChI is InChI=1S/C11H25NO/c1-6-8-9(3)11(12-7-2)10(4)13-5/h9-12H,6-8H2,1-5H3. The highest BCUT2D eigenvalue weighted by Crippen LogP contribution is 2.15. The smallest absolute Gasteiger partial charge is 0.0698 e. The Balaban J connectivity index is 4.05. The minimum atomic E-state index is 0.307. The SMILES string of the molecule is CCCC(C)C(NCC)C(C)OC. The van der Waals surface area contributed by atoms with Gasteiger partial charge in [0.2, 0.25) is 0 Å². The van der Waals surface area contributed by atoms with Gasteiger partial charge in [0.05, 0.1) is 6.10 Å². The summed E-state index contributed by atoms with van der Waals surface area (Å²) >= 11 is 0. The Hall–Kier alpha value is -0.0800. The van der Waals surface area contributed by atoms with Gasteiger partial charge in [-0.2, -0.15) is 0 Å². The van der Waals surface area contributed by atoms with Crippen LogP contribution in [-0.2, 0) is 4.74 Å². The zero-order chi connectivity index (χ0) is 10.3. The van der Waals surface area contributed by atoms with Gasteiger partial charge in [-0.05, 0) is 25.8 Å². The Morgan fingerprint density at radius 1 is 1.23 bits per heavy atom. The van der Waals surface area contributed by atoms with Crippen molar-refractivity contribution in [2.24, 2.45) is 5.92 Å². The van der Waals surface area contributed by atoms with Gasteiger partial charge in [0.25, 0.3) is 0 Å². The van der Waals surface area contributed by atoms with E-state index >= 15 is 0 Å². The third-order valence-electron chi connectivity index (χ3n) is 2.67. The Labute approximate surface area is 83.1 Å². The monoisotopic (exact) mass is 187 g/mol. The van der Waals surface area contributed by atoms with Crippen molar-refractivity contribution in [1.82, 2.24) is 5.32 Å². The van der Waals surface area contributed by atoms with Crippen LogP contribution in [0, 0.1) is 5.92 Å². The summed E-state index contributed by atoms with van der Waals surface area (Å²) in [7, 11) is 1.79. The maximum atomic E-state index is 5.37. The van der Waals surface area contributed by atoms with Crippen molar-refractivity contribution < 1.29 is 4.74 Å². The molecule has 0 saturated carbocycles. The summed E-state index contributed by atoms with van der Waals surface area (Å²) in [4.78, 5) is 0. The van der Waals surface area contributed by atoms with Crippen LogP contribution in [0.25, 0.3) is 0 Å². The van der Waals surface area contributed by atoms with E-state index in [9.17, 15) is 0 Å². The van der Waals surface area contributed by atoms with Crippen LogP contribution in [0.2, 0.25) is 0 Å². The lowest BCUT2D eigenvalue weighted by Gasteiger charge is -2.29. The summed E-state index contributed by atoms with van der Waals surface area (Å²) in [6, 6.07) is 0.495. The Morgan fingerprint density at radius 3 is 2.23 bits per heavy atom. The van der Waals surface area contributed by atoms with Crippen molar-refractivity contribution in [3.8, 4) is 0 Å². The summed E-state index contributed by atoms with van der Waals surface area (Å²) < 4.78 is 5.37. The van der Waals surface area contributed by atoms with E-state index in [1.54, 1.807) is 7.11 Å². The van der Waals surface area contributed by atoms with E-state index in [4.69, 9.17) is 4.74 Å². The highest BCUT2D eigenvalue weighted by atomic mass is 16.5. The molecule has 0 spiro atoms. The lowest BCUT2D eigenvalue weighted by Crippen LogP contribution is -2.44. The highest BCUT2D eigenvalue weighted by molar-refractivity contribution is 4.78. The maximum absolute atomic E-state index is 5.37. The lowest BCUT2D eigenvalue weighted by molar-refractivity contribution is 0.0629. The molecule has 0 aliphatic heterocycles. The van der Waals surface area contributed by atoms with E-state index in [0.717, 1.165) is 6.54 Å². The van der Waals surface area contributed by atoms with E-state index in [0.29, 0.717) is 18.1 Å². The molecule has 13 heavy (non-hydrogen) atoms. The molecule has 3 atom stereocenters. The number of nitrogens with one attached hydrogen (secondary N) is 1. The molecule has 2 heteroatoms. The first kappa shape index (κ1) is 12.9. The van der Waals surface area contributed by atoms with E-state index < -0.39 is 0 Å². The maximum Gasteiger partial charge on any atom is 0.0698 e. The average molecular weight is 187 g/mol. The van der Waals surface area contributed by atoms with Gasteiger partial charge in [0, 0.05) is 13.2 Å². The van der Waals surface area contributed by atoms with Gasteiger partial charge >= 0.3 is 0 Å². The quantitative estimate of drug-likeness (QED) is 0.661. The molecule has 0 aliphatic carbocycles. The molecular formula is C11H25NO. The van der Waals surface area contributed by atoms with Crippen LogP contribution >= 0.6 is 0 Å². The van der Waals surface area contributed by atoms with E-state index in [1.165, 1.54) is 12.8 Å². The number of hydrogen-bond donors (Lipinski definition) is 1. The molecule has 2 nitrogen and oxygen atoms in total. The molecule has 0 saturated heterocycles. The fourth-order valence-corrected chi connectivity index (χ4v) is 1.85. The third-order valence-corrected chi connectivity index (χ3v) is 2.67. The molecule has 0 aromatic heterocycles. The molecule has 0 heterocycles. The van der Waals surface area contributed by atoms with Gasteiger partial charge in [-0.15, -0.1) is 0 Å². The number of likely N-dealkylation sites (N-methyl/N-ethyl adjacent to an activating group) is 1. The van der Waals surface area contributed by atoms with Crippen LogP contribution in [0.5, 0.6) is 0 Å². The number of rotatable bonds is 7. The zero-order valence-corrected chi connectivity index (χ0v) is 9.76. The van der Waals surface area contributed by atoms with Crippen molar-refractivity contribution >= 4 is 0 Å². The molecule has 0 aliphatic rings. The largest absolute Gasteiger partial charge is 0.380 e. The summed E-state index contributed by atoms with van der Waals surface area (Å²) in [5.74, 6) is 0.694. The minimum Gasteiger partial charge on any atom is -0.380 e. The van der Waals surface area contributed by atoms with Crippen LogP contribution < -0.4 is 5.32 Å². The van der Waals surface area contributed by atoms with E-state index in [-0.39, 0.29) is 0 Å². The molecule has 0 aromatic rings. The van der Waals surface area contributed by atoms with Crippen molar-refractivity contribution in [1.29, 1.82) is 0 Å². The molecular weight excluding hydrogens is 162 g/mol. The van der Waals surface area contributed by atoms with Crippen molar-refractivity contribution in [3.63, 3.8) is 0 Å². The predicted molar refractivity (Wildman–Crippen MR) is 58.0 cm³/mol. The minimum absolute atomic E-state index is 0.307. The number of hydrogen-bond acceptors (Lipinski definition) is 2. The molecule has 0 aromatic carbocycles. The summed E-state index contributed by atoms with van der Waals surface area (Å²) in [5, 5.41) is 3.49. The Kier molecular flexibility index (Phi) is 7.29. The van der Waals surface area contributed by atoms with Crippen molar-refractivity contribution in [2.75, 3.05) is 13.7 Å². The molecule has 3 unspecified atom stereocenters. The second kappa shape index (κ2) is 7.34. The van der Waals surface area contributed by atoms with E-state index in [2.05, 4.69) is 33.0 Å². The Bertz CT molecular complexity index is 117. The van der Waals surface area contributed by atoms with E-state index in [1.807, 2.05) is 0 Å². The first-order valence-electron chi connectivity index (χ1n) is 5.43. The van der Waals surface area contributed by atoms with Crippen LogP contribution in [0.15, 0.2) is 0 Å². The normalized spacial score (nSPS) is 18.2. The third kappa shape index (κ3) is 4.63. The second-order valence-corrected chi connectivity index (χ2v) is 3.79. The van der Waals surface area contributed by atoms with Gasteiger partial charge in [0.1, 0.15) is 0 Å². The first-order chi connectivity index (χ1) is 6.17. The lowest BCUT2D eigenvalue weighted by atomic mass is 9.93.